The van der Waals surface area contributed by atoms with Crippen LogP contribution in [0, 0.1) is 0 Å². The van der Waals surface area contributed by atoms with Crippen LogP contribution < -0.4 is 4.72 Å². The molecule has 1 aliphatic carbocycles. The Morgan fingerprint density at radius 3 is 2.00 bits per heavy atom. The van der Waals surface area contributed by atoms with Crippen molar-refractivity contribution >= 4 is 10.0 Å². The number of sulfonamides is 1. The summed E-state index contributed by atoms with van der Waals surface area (Å²) >= 11 is 0. The van der Waals surface area contributed by atoms with E-state index in [0.29, 0.717) is 10.8 Å². The third-order valence-corrected chi connectivity index (χ3v) is 5.82. The molecule has 1 N–H and O–H groups in total. The molecule has 1 aromatic rings. The first kappa shape index (κ1) is 16.5. The summed E-state index contributed by atoms with van der Waals surface area (Å²) in [6, 6.07) is 7.37. The highest BCUT2D eigenvalue weighted by molar-refractivity contribution is 7.89. The fraction of sp³-hybridized carbons (Fsp3) is 0.647. The standard InChI is InChI=1S/C17H27NO2S/c1-14(2)15-10-12-17(13-11-15)21(19,20)18-16-8-6-4-3-5-7-9-16/h10-14,16,18H,3-9H2,1-2H3. The molecule has 0 spiro atoms. The summed E-state index contributed by atoms with van der Waals surface area (Å²) in [5, 5.41) is 0. The van der Waals surface area contributed by atoms with Crippen LogP contribution in [0.25, 0.3) is 0 Å². The zero-order chi connectivity index (χ0) is 15.3. The Bertz CT molecular complexity index is 526. The van der Waals surface area contributed by atoms with Gasteiger partial charge in [0.05, 0.1) is 4.90 Å². The predicted molar refractivity (Wildman–Crippen MR) is 87.0 cm³/mol. The molecule has 0 aliphatic heterocycles. The van der Waals surface area contributed by atoms with Crippen LogP contribution in [0.3, 0.4) is 0 Å². The van der Waals surface area contributed by atoms with Gasteiger partial charge in [0, 0.05) is 6.04 Å². The molecule has 2 rings (SSSR count). The number of rotatable bonds is 4. The summed E-state index contributed by atoms with van der Waals surface area (Å²) in [6.07, 6.45) is 7.91. The van der Waals surface area contributed by atoms with Gasteiger partial charge in [-0.3, -0.25) is 0 Å². The maximum Gasteiger partial charge on any atom is 0.240 e. The normalized spacial score (nSPS) is 18.4. The van der Waals surface area contributed by atoms with Gasteiger partial charge in [-0.2, -0.15) is 0 Å². The van der Waals surface area contributed by atoms with Gasteiger partial charge >= 0.3 is 0 Å². The number of nitrogens with one attached hydrogen (secondary N) is 1. The second-order valence-corrected chi connectivity index (χ2v) is 8.10. The first-order valence-corrected chi connectivity index (χ1v) is 9.59. The van der Waals surface area contributed by atoms with Crippen molar-refractivity contribution in [1.82, 2.24) is 4.72 Å². The molecule has 0 atom stereocenters. The van der Waals surface area contributed by atoms with Crippen molar-refractivity contribution in [3.63, 3.8) is 0 Å². The van der Waals surface area contributed by atoms with E-state index in [0.717, 1.165) is 25.7 Å². The van der Waals surface area contributed by atoms with Crippen molar-refractivity contribution in [3.8, 4) is 0 Å². The van der Waals surface area contributed by atoms with Crippen LogP contribution in [0.5, 0.6) is 0 Å². The van der Waals surface area contributed by atoms with Crippen LogP contribution in [0.2, 0.25) is 0 Å². The van der Waals surface area contributed by atoms with Crippen LogP contribution >= 0.6 is 0 Å². The Labute approximate surface area is 129 Å². The molecule has 0 unspecified atom stereocenters. The van der Waals surface area contributed by atoms with Gasteiger partial charge in [0.1, 0.15) is 0 Å². The zero-order valence-corrected chi connectivity index (χ0v) is 14.0. The van der Waals surface area contributed by atoms with E-state index in [2.05, 4.69) is 18.6 Å². The summed E-state index contributed by atoms with van der Waals surface area (Å²) in [5.41, 5.74) is 1.17. The molecule has 0 amide bonds. The molecule has 3 nitrogen and oxygen atoms in total. The summed E-state index contributed by atoms with van der Waals surface area (Å²) in [4.78, 5) is 0.383. The maximum absolute atomic E-state index is 12.5. The van der Waals surface area contributed by atoms with Crippen molar-refractivity contribution in [1.29, 1.82) is 0 Å². The molecular formula is C17H27NO2S. The SMILES string of the molecule is CC(C)c1ccc(S(=O)(=O)NC2CCCCCCC2)cc1. The minimum atomic E-state index is -3.38. The summed E-state index contributed by atoms with van der Waals surface area (Å²) < 4.78 is 27.8. The summed E-state index contributed by atoms with van der Waals surface area (Å²) in [7, 11) is -3.38. The Morgan fingerprint density at radius 1 is 0.952 bits per heavy atom. The van der Waals surface area contributed by atoms with E-state index in [1.54, 1.807) is 12.1 Å². The van der Waals surface area contributed by atoms with E-state index in [-0.39, 0.29) is 6.04 Å². The lowest BCUT2D eigenvalue weighted by molar-refractivity contribution is 0.426. The average Bonchev–Trinajstić information content (AvgIpc) is 2.42. The van der Waals surface area contributed by atoms with Crippen molar-refractivity contribution in [2.24, 2.45) is 0 Å². The largest absolute Gasteiger partial charge is 0.240 e. The topological polar surface area (TPSA) is 46.2 Å². The third kappa shape index (κ3) is 4.82. The van der Waals surface area contributed by atoms with Crippen LogP contribution in [0.4, 0.5) is 0 Å². The fourth-order valence-electron chi connectivity index (χ4n) is 2.89. The Balaban J connectivity index is 2.06. The number of hydrogen-bond donors (Lipinski definition) is 1. The second kappa shape index (κ2) is 7.41. The van der Waals surface area contributed by atoms with Gasteiger partial charge < -0.3 is 0 Å². The molecule has 0 saturated heterocycles. The summed E-state index contributed by atoms with van der Waals surface area (Å²) in [5.74, 6) is 0.417. The molecule has 21 heavy (non-hydrogen) atoms. The lowest BCUT2D eigenvalue weighted by Crippen LogP contribution is -2.35. The molecular weight excluding hydrogens is 282 g/mol. The van der Waals surface area contributed by atoms with Crippen molar-refractivity contribution < 1.29 is 8.42 Å². The molecule has 0 bridgehead atoms. The van der Waals surface area contributed by atoms with Crippen LogP contribution in [0.15, 0.2) is 29.2 Å². The molecule has 0 heterocycles. The monoisotopic (exact) mass is 309 g/mol. The Kier molecular flexibility index (Phi) is 5.82. The van der Waals surface area contributed by atoms with Gasteiger partial charge in [-0.05, 0) is 36.5 Å². The molecule has 0 radical (unpaired) electrons. The van der Waals surface area contributed by atoms with E-state index in [4.69, 9.17) is 0 Å². The Hall–Kier alpha value is -0.870. The van der Waals surface area contributed by atoms with E-state index in [1.165, 1.54) is 24.8 Å². The van der Waals surface area contributed by atoms with E-state index >= 15 is 0 Å². The lowest BCUT2D eigenvalue weighted by Gasteiger charge is -2.21. The van der Waals surface area contributed by atoms with Gasteiger partial charge in [-0.15, -0.1) is 0 Å². The molecule has 4 heteroatoms. The zero-order valence-electron chi connectivity index (χ0n) is 13.1. The highest BCUT2D eigenvalue weighted by Gasteiger charge is 2.20. The van der Waals surface area contributed by atoms with Gasteiger partial charge in [0.2, 0.25) is 10.0 Å². The molecule has 1 saturated carbocycles. The van der Waals surface area contributed by atoms with Crippen LogP contribution in [0.1, 0.15) is 70.3 Å². The van der Waals surface area contributed by atoms with Gasteiger partial charge in [-0.25, -0.2) is 13.1 Å². The molecule has 1 aromatic carbocycles. The molecule has 1 aliphatic rings. The average molecular weight is 309 g/mol. The van der Waals surface area contributed by atoms with Gasteiger partial charge in [0.15, 0.2) is 0 Å². The van der Waals surface area contributed by atoms with Crippen LogP contribution in [-0.4, -0.2) is 14.5 Å². The lowest BCUT2D eigenvalue weighted by atomic mass is 9.97. The van der Waals surface area contributed by atoms with Crippen molar-refractivity contribution in [2.75, 3.05) is 0 Å². The number of hydrogen-bond acceptors (Lipinski definition) is 2. The van der Waals surface area contributed by atoms with E-state index < -0.39 is 10.0 Å². The van der Waals surface area contributed by atoms with Crippen molar-refractivity contribution in [2.45, 2.75) is 75.6 Å². The van der Waals surface area contributed by atoms with E-state index in [9.17, 15) is 8.42 Å². The predicted octanol–water partition coefficient (Wildman–Crippen LogP) is 4.20. The first-order chi connectivity index (χ1) is 9.99. The van der Waals surface area contributed by atoms with Gasteiger partial charge in [0.25, 0.3) is 0 Å². The van der Waals surface area contributed by atoms with E-state index in [1.807, 2.05) is 12.1 Å². The molecule has 118 valence electrons. The molecule has 0 aromatic heterocycles. The fourth-order valence-corrected chi connectivity index (χ4v) is 4.20. The van der Waals surface area contributed by atoms with Crippen molar-refractivity contribution in [3.05, 3.63) is 29.8 Å². The first-order valence-electron chi connectivity index (χ1n) is 8.11. The maximum atomic E-state index is 12.5. The highest BCUT2D eigenvalue weighted by atomic mass is 32.2. The minimum Gasteiger partial charge on any atom is -0.208 e. The minimum absolute atomic E-state index is 0.0973. The Morgan fingerprint density at radius 2 is 1.48 bits per heavy atom. The quantitative estimate of drug-likeness (QED) is 0.906. The second-order valence-electron chi connectivity index (χ2n) is 6.39. The van der Waals surface area contributed by atoms with Crippen LogP contribution in [-0.2, 0) is 10.0 Å². The van der Waals surface area contributed by atoms with Gasteiger partial charge in [-0.1, -0.05) is 58.1 Å². The third-order valence-electron chi connectivity index (χ3n) is 4.28. The smallest absolute Gasteiger partial charge is 0.208 e. The number of benzene rings is 1. The highest BCUT2D eigenvalue weighted by Crippen LogP contribution is 2.21. The molecule has 1 fully saturated rings. The summed E-state index contributed by atoms with van der Waals surface area (Å²) in [6.45, 7) is 4.21.